The van der Waals surface area contributed by atoms with Crippen molar-refractivity contribution < 1.29 is 23.8 Å². The van der Waals surface area contributed by atoms with E-state index in [0.29, 0.717) is 32.7 Å². The normalized spacial score (nSPS) is 14.3. The fraction of sp³-hybridized carbons (Fsp3) is 0.200. The molecule has 0 N–H and O–H groups in total. The average Bonchev–Trinajstić information content (AvgIpc) is 2.90. The zero-order valence-electron chi connectivity index (χ0n) is 14.6. The number of halogens is 2. The van der Waals surface area contributed by atoms with Crippen LogP contribution in [0.1, 0.15) is 29.8 Å². The number of ether oxygens (including phenoxy) is 3. The van der Waals surface area contributed by atoms with Gasteiger partial charge in [-0.2, -0.15) is 0 Å². The number of carbonyl (C=O) groups is 2. The third-order valence-corrected chi connectivity index (χ3v) is 4.18. The number of benzene rings is 2. The number of Topliss-reactive ketones (excluding diaryl/α,β-unsaturated/α-hetero) is 1. The maximum Gasteiger partial charge on any atom is 0.344 e. The standard InChI is InChI=1S/C20H16Cl2O5/c1-11(2)26-19(23)10-25-14-5-6-15-17(9-14)27-18(20(15)24)7-12-3-4-13(21)8-16(12)22/h3-9,11H,10H2,1-2H3. The largest absolute Gasteiger partial charge is 0.482 e. The van der Waals surface area contributed by atoms with Crippen molar-refractivity contribution in [2.24, 2.45) is 0 Å². The van der Waals surface area contributed by atoms with E-state index in [0.717, 1.165) is 0 Å². The first kappa shape index (κ1) is 19.3. The van der Waals surface area contributed by atoms with E-state index in [-0.39, 0.29) is 24.3 Å². The number of hydrogen-bond donors (Lipinski definition) is 0. The van der Waals surface area contributed by atoms with Crippen LogP contribution in [0.15, 0.2) is 42.2 Å². The van der Waals surface area contributed by atoms with Crippen molar-refractivity contribution in [2.75, 3.05) is 6.61 Å². The van der Waals surface area contributed by atoms with Gasteiger partial charge in [-0.1, -0.05) is 29.3 Å². The maximum absolute atomic E-state index is 12.5. The van der Waals surface area contributed by atoms with Crippen LogP contribution >= 0.6 is 23.2 Å². The van der Waals surface area contributed by atoms with Gasteiger partial charge in [0.2, 0.25) is 5.78 Å². The molecule has 0 amide bonds. The van der Waals surface area contributed by atoms with Crippen molar-refractivity contribution >= 4 is 41.0 Å². The molecular formula is C20H16Cl2O5. The lowest BCUT2D eigenvalue weighted by molar-refractivity contribution is -0.149. The second-order valence-electron chi connectivity index (χ2n) is 6.09. The molecule has 0 aromatic heterocycles. The number of hydrogen-bond acceptors (Lipinski definition) is 5. The topological polar surface area (TPSA) is 61.8 Å². The zero-order valence-corrected chi connectivity index (χ0v) is 16.1. The fourth-order valence-electron chi connectivity index (χ4n) is 2.46. The van der Waals surface area contributed by atoms with E-state index in [1.807, 2.05) is 0 Å². The minimum Gasteiger partial charge on any atom is -0.482 e. The molecule has 0 aliphatic carbocycles. The van der Waals surface area contributed by atoms with Gasteiger partial charge >= 0.3 is 5.97 Å². The molecule has 0 unspecified atom stereocenters. The highest BCUT2D eigenvalue weighted by atomic mass is 35.5. The fourth-order valence-corrected chi connectivity index (χ4v) is 2.92. The molecule has 27 heavy (non-hydrogen) atoms. The summed E-state index contributed by atoms with van der Waals surface area (Å²) in [6.45, 7) is 3.29. The lowest BCUT2D eigenvalue weighted by Gasteiger charge is -2.09. The zero-order chi connectivity index (χ0) is 19.6. The molecule has 3 rings (SSSR count). The van der Waals surface area contributed by atoms with Gasteiger partial charge in [0.25, 0.3) is 0 Å². The summed E-state index contributed by atoms with van der Waals surface area (Å²) in [5.74, 6) is 0.159. The van der Waals surface area contributed by atoms with Crippen molar-refractivity contribution in [3.05, 3.63) is 63.3 Å². The van der Waals surface area contributed by atoms with Crippen LogP contribution in [0.25, 0.3) is 6.08 Å². The second-order valence-corrected chi connectivity index (χ2v) is 6.93. The number of carbonyl (C=O) groups excluding carboxylic acids is 2. The van der Waals surface area contributed by atoms with Gasteiger partial charge in [-0.25, -0.2) is 4.79 Å². The monoisotopic (exact) mass is 406 g/mol. The van der Waals surface area contributed by atoms with Gasteiger partial charge in [-0.3, -0.25) is 4.79 Å². The van der Waals surface area contributed by atoms with Crippen LogP contribution in [0.4, 0.5) is 0 Å². The highest BCUT2D eigenvalue weighted by Crippen LogP contribution is 2.35. The van der Waals surface area contributed by atoms with Gasteiger partial charge in [0.05, 0.1) is 11.7 Å². The molecule has 5 nitrogen and oxygen atoms in total. The van der Waals surface area contributed by atoms with Crippen LogP contribution < -0.4 is 9.47 Å². The Morgan fingerprint density at radius 3 is 2.67 bits per heavy atom. The Balaban J connectivity index is 1.75. The van der Waals surface area contributed by atoms with E-state index in [1.54, 1.807) is 56.3 Å². The van der Waals surface area contributed by atoms with Crippen LogP contribution in [0.2, 0.25) is 10.0 Å². The summed E-state index contributed by atoms with van der Waals surface area (Å²) in [6, 6.07) is 9.71. The van der Waals surface area contributed by atoms with Crippen molar-refractivity contribution in [2.45, 2.75) is 20.0 Å². The molecule has 2 aromatic carbocycles. The Morgan fingerprint density at radius 1 is 1.19 bits per heavy atom. The predicted molar refractivity (Wildman–Crippen MR) is 103 cm³/mol. The van der Waals surface area contributed by atoms with Gasteiger partial charge in [-0.15, -0.1) is 0 Å². The minimum absolute atomic E-state index is 0.144. The molecule has 0 spiro atoms. The summed E-state index contributed by atoms with van der Waals surface area (Å²) in [4.78, 5) is 24.1. The van der Waals surface area contributed by atoms with Gasteiger partial charge in [0.15, 0.2) is 12.4 Å². The molecule has 0 radical (unpaired) electrons. The Hall–Kier alpha value is -2.50. The van der Waals surface area contributed by atoms with Gasteiger partial charge < -0.3 is 14.2 Å². The van der Waals surface area contributed by atoms with Crippen molar-refractivity contribution in [3.63, 3.8) is 0 Å². The predicted octanol–water partition coefficient (Wildman–Crippen LogP) is 4.94. The molecule has 0 bridgehead atoms. The lowest BCUT2D eigenvalue weighted by Crippen LogP contribution is -2.18. The molecule has 1 heterocycles. The summed E-state index contributed by atoms with van der Waals surface area (Å²) < 4.78 is 16.0. The van der Waals surface area contributed by atoms with Crippen molar-refractivity contribution in [1.29, 1.82) is 0 Å². The first-order valence-corrected chi connectivity index (χ1v) is 8.94. The van der Waals surface area contributed by atoms with E-state index in [4.69, 9.17) is 37.4 Å². The lowest BCUT2D eigenvalue weighted by atomic mass is 10.1. The molecule has 0 fully saturated rings. The van der Waals surface area contributed by atoms with Gasteiger partial charge in [-0.05, 0) is 49.8 Å². The summed E-state index contributed by atoms with van der Waals surface area (Å²) in [5.41, 5.74) is 1.02. The number of fused-ring (bicyclic) bond motifs is 1. The van der Waals surface area contributed by atoms with Crippen molar-refractivity contribution in [1.82, 2.24) is 0 Å². The summed E-state index contributed by atoms with van der Waals surface area (Å²) in [5, 5.41) is 0.914. The van der Waals surface area contributed by atoms with E-state index < -0.39 is 5.97 Å². The van der Waals surface area contributed by atoms with Crippen LogP contribution in [0.5, 0.6) is 11.5 Å². The quantitative estimate of drug-likeness (QED) is 0.519. The Kier molecular flexibility index (Phi) is 5.73. The van der Waals surface area contributed by atoms with Crippen LogP contribution in [-0.4, -0.2) is 24.5 Å². The third kappa shape index (κ3) is 4.62. The Morgan fingerprint density at radius 2 is 1.96 bits per heavy atom. The minimum atomic E-state index is -0.472. The second kappa shape index (κ2) is 8.03. The molecule has 0 saturated heterocycles. The molecule has 7 heteroatoms. The molecule has 140 valence electrons. The summed E-state index contributed by atoms with van der Waals surface area (Å²) in [6.07, 6.45) is 1.34. The van der Waals surface area contributed by atoms with Crippen LogP contribution in [-0.2, 0) is 9.53 Å². The first-order chi connectivity index (χ1) is 12.8. The SMILES string of the molecule is CC(C)OC(=O)COc1ccc2c(c1)OC(=Cc1ccc(Cl)cc1Cl)C2=O. The Labute approximate surface area is 166 Å². The van der Waals surface area contributed by atoms with E-state index in [1.165, 1.54) is 0 Å². The smallest absolute Gasteiger partial charge is 0.344 e. The summed E-state index contributed by atoms with van der Waals surface area (Å²) >= 11 is 12.0. The first-order valence-electron chi connectivity index (χ1n) is 8.19. The van der Waals surface area contributed by atoms with Gasteiger partial charge in [0.1, 0.15) is 11.5 Å². The average molecular weight is 407 g/mol. The van der Waals surface area contributed by atoms with Crippen LogP contribution in [0.3, 0.4) is 0 Å². The molecule has 2 aromatic rings. The highest BCUT2D eigenvalue weighted by Gasteiger charge is 2.28. The molecular weight excluding hydrogens is 391 g/mol. The molecule has 1 aliphatic rings. The molecule has 0 atom stereocenters. The number of esters is 1. The van der Waals surface area contributed by atoms with E-state index >= 15 is 0 Å². The molecule has 0 saturated carbocycles. The summed E-state index contributed by atoms with van der Waals surface area (Å²) in [7, 11) is 0. The van der Waals surface area contributed by atoms with E-state index in [2.05, 4.69) is 0 Å². The van der Waals surface area contributed by atoms with Gasteiger partial charge in [0, 0.05) is 16.1 Å². The Bertz CT molecular complexity index is 934. The van der Waals surface area contributed by atoms with E-state index in [9.17, 15) is 9.59 Å². The molecule has 1 aliphatic heterocycles. The third-order valence-electron chi connectivity index (χ3n) is 3.61. The maximum atomic E-state index is 12.5. The number of allylic oxidation sites excluding steroid dienone is 1. The number of rotatable bonds is 5. The number of ketones is 1. The van der Waals surface area contributed by atoms with Crippen molar-refractivity contribution in [3.8, 4) is 11.5 Å². The highest BCUT2D eigenvalue weighted by molar-refractivity contribution is 6.35. The van der Waals surface area contributed by atoms with Crippen LogP contribution in [0, 0.1) is 0 Å².